The van der Waals surface area contributed by atoms with Crippen molar-refractivity contribution in [3.8, 4) is 0 Å². The molecule has 0 spiro atoms. The Morgan fingerprint density at radius 1 is 1.50 bits per heavy atom. The summed E-state index contributed by atoms with van der Waals surface area (Å²) in [7, 11) is 1.30. The van der Waals surface area contributed by atoms with Gasteiger partial charge in [-0.2, -0.15) is 0 Å². The highest BCUT2D eigenvalue weighted by Gasteiger charge is 2.22. The van der Waals surface area contributed by atoms with Crippen LogP contribution in [0.5, 0.6) is 0 Å². The van der Waals surface area contributed by atoms with E-state index in [9.17, 15) is 4.79 Å². The zero-order chi connectivity index (χ0) is 8.15. The zero-order valence-corrected chi connectivity index (χ0v) is 6.46. The lowest BCUT2D eigenvalue weighted by molar-refractivity contribution is -0.157. The van der Waals surface area contributed by atoms with Crippen LogP contribution in [0.3, 0.4) is 0 Å². The summed E-state index contributed by atoms with van der Waals surface area (Å²) in [6.45, 7) is 3.66. The zero-order valence-electron chi connectivity index (χ0n) is 6.46. The van der Waals surface area contributed by atoms with Crippen LogP contribution in [0.25, 0.3) is 0 Å². The summed E-state index contributed by atoms with van der Waals surface area (Å²) in [4.78, 5) is 15.1. The highest BCUT2D eigenvalue weighted by Crippen LogP contribution is 2.05. The SMILES string of the molecule is COC(=O)C(ON)C(C)C. The molecular formula is C6H13NO3. The first kappa shape index (κ1) is 9.39. The molecule has 0 heterocycles. The first-order valence-corrected chi connectivity index (χ1v) is 3.06. The minimum atomic E-state index is -0.648. The first-order valence-electron chi connectivity index (χ1n) is 3.06. The predicted octanol–water partition coefficient (Wildman–Crippen LogP) is 0.0743. The summed E-state index contributed by atoms with van der Waals surface area (Å²) in [6.07, 6.45) is -0.648. The molecule has 0 aliphatic heterocycles. The highest BCUT2D eigenvalue weighted by atomic mass is 16.6. The van der Waals surface area contributed by atoms with Crippen LogP contribution in [0.15, 0.2) is 0 Å². The van der Waals surface area contributed by atoms with Crippen molar-refractivity contribution in [1.82, 2.24) is 0 Å². The maximum Gasteiger partial charge on any atom is 0.337 e. The molecule has 10 heavy (non-hydrogen) atoms. The fourth-order valence-corrected chi connectivity index (χ4v) is 0.601. The van der Waals surface area contributed by atoms with Gasteiger partial charge in [0.15, 0.2) is 6.10 Å². The first-order chi connectivity index (χ1) is 4.63. The second-order valence-corrected chi connectivity index (χ2v) is 2.32. The van der Waals surface area contributed by atoms with Gasteiger partial charge in [-0.1, -0.05) is 13.8 Å². The third kappa shape index (κ3) is 2.33. The van der Waals surface area contributed by atoms with Crippen LogP contribution in [0.4, 0.5) is 0 Å². The van der Waals surface area contributed by atoms with Gasteiger partial charge < -0.3 is 4.74 Å². The van der Waals surface area contributed by atoms with Gasteiger partial charge >= 0.3 is 5.97 Å². The second kappa shape index (κ2) is 4.24. The Labute approximate surface area is 60.2 Å². The molecule has 0 rings (SSSR count). The maximum absolute atomic E-state index is 10.8. The van der Waals surface area contributed by atoms with Gasteiger partial charge in [0.2, 0.25) is 0 Å². The Hall–Kier alpha value is -0.610. The molecular weight excluding hydrogens is 134 g/mol. The summed E-state index contributed by atoms with van der Waals surface area (Å²) < 4.78 is 4.42. The molecule has 0 amide bonds. The number of esters is 1. The predicted molar refractivity (Wildman–Crippen MR) is 35.9 cm³/mol. The third-order valence-corrected chi connectivity index (χ3v) is 1.19. The summed E-state index contributed by atoms with van der Waals surface area (Å²) in [5, 5.41) is 0. The Bertz CT molecular complexity index is 114. The molecule has 0 aromatic heterocycles. The fraction of sp³-hybridized carbons (Fsp3) is 0.833. The van der Waals surface area contributed by atoms with E-state index < -0.39 is 12.1 Å². The lowest BCUT2D eigenvalue weighted by atomic mass is 10.1. The van der Waals surface area contributed by atoms with E-state index >= 15 is 0 Å². The van der Waals surface area contributed by atoms with Crippen LogP contribution in [0, 0.1) is 5.92 Å². The van der Waals surface area contributed by atoms with Gasteiger partial charge in [0.1, 0.15) is 0 Å². The van der Waals surface area contributed by atoms with E-state index in [4.69, 9.17) is 5.90 Å². The number of nitrogens with two attached hydrogens (primary N) is 1. The van der Waals surface area contributed by atoms with E-state index in [2.05, 4.69) is 9.57 Å². The Morgan fingerprint density at radius 3 is 2.10 bits per heavy atom. The van der Waals surface area contributed by atoms with Crippen LogP contribution >= 0.6 is 0 Å². The van der Waals surface area contributed by atoms with Gasteiger partial charge in [0.25, 0.3) is 0 Å². The quantitative estimate of drug-likeness (QED) is 0.453. The van der Waals surface area contributed by atoms with Crippen LogP contribution in [0.2, 0.25) is 0 Å². The largest absolute Gasteiger partial charge is 0.467 e. The molecule has 0 aliphatic rings. The van der Waals surface area contributed by atoms with Gasteiger partial charge in [-0.05, 0) is 5.92 Å². The average molecular weight is 147 g/mol. The summed E-state index contributed by atoms with van der Waals surface area (Å²) in [5.41, 5.74) is 0. The van der Waals surface area contributed by atoms with E-state index in [-0.39, 0.29) is 5.92 Å². The maximum atomic E-state index is 10.8. The summed E-state index contributed by atoms with van der Waals surface area (Å²) >= 11 is 0. The molecule has 0 fully saturated rings. The number of carbonyl (C=O) groups excluding carboxylic acids is 1. The molecule has 60 valence electrons. The van der Waals surface area contributed by atoms with Crippen molar-refractivity contribution in [2.45, 2.75) is 20.0 Å². The molecule has 1 unspecified atom stereocenters. The molecule has 0 aromatic carbocycles. The smallest absolute Gasteiger partial charge is 0.337 e. The minimum Gasteiger partial charge on any atom is -0.467 e. The number of methoxy groups -OCH3 is 1. The van der Waals surface area contributed by atoms with Crippen molar-refractivity contribution >= 4 is 5.97 Å². The van der Waals surface area contributed by atoms with Gasteiger partial charge in [0, 0.05) is 0 Å². The molecule has 0 bridgehead atoms. The molecule has 2 N–H and O–H groups in total. The molecule has 0 aromatic rings. The lowest BCUT2D eigenvalue weighted by Crippen LogP contribution is -2.33. The number of ether oxygens (including phenoxy) is 1. The third-order valence-electron chi connectivity index (χ3n) is 1.19. The Morgan fingerprint density at radius 2 is 2.00 bits per heavy atom. The second-order valence-electron chi connectivity index (χ2n) is 2.32. The molecule has 0 aliphatic carbocycles. The van der Waals surface area contributed by atoms with Gasteiger partial charge in [-0.3, -0.25) is 4.84 Å². The fourth-order valence-electron chi connectivity index (χ4n) is 0.601. The molecule has 0 saturated carbocycles. The van der Waals surface area contributed by atoms with E-state index in [1.54, 1.807) is 0 Å². The van der Waals surface area contributed by atoms with Crippen LogP contribution < -0.4 is 5.90 Å². The molecule has 1 atom stereocenters. The van der Waals surface area contributed by atoms with Crippen LogP contribution in [-0.4, -0.2) is 19.2 Å². The number of hydrogen-bond acceptors (Lipinski definition) is 4. The Balaban J connectivity index is 3.93. The highest BCUT2D eigenvalue weighted by molar-refractivity contribution is 5.74. The molecule has 4 heteroatoms. The van der Waals surface area contributed by atoms with Gasteiger partial charge in [-0.15, -0.1) is 0 Å². The minimum absolute atomic E-state index is 0.0393. The van der Waals surface area contributed by atoms with Crippen molar-refractivity contribution in [2.24, 2.45) is 11.8 Å². The standard InChI is InChI=1S/C6H13NO3/c1-4(2)5(10-7)6(8)9-3/h4-5H,7H2,1-3H3. The number of carbonyl (C=O) groups is 1. The van der Waals surface area contributed by atoms with Gasteiger partial charge in [0.05, 0.1) is 7.11 Å². The van der Waals surface area contributed by atoms with Gasteiger partial charge in [-0.25, -0.2) is 10.7 Å². The van der Waals surface area contributed by atoms with E-state index in [0.29, 0.717) is 0 Å². The van der Waals surface area contributed by atoms with E-state index in [1.807, 2.05) is 13.8 Å². The topological polar surface area (TPSA) is 61.5 Å². The average Bonchev–Trinajstić information content (AvgIpc) is 1.88. The normalized spacial score (nSPS) is 13.3. The molecule has 4 nitrogen and oxygen atoms in total. The van der Waals surface area contributed by atoms with Crippen molar-refractivity contribution in [3.63, 3.8) is 0 Å². The number of hydrogen-bond donors (Lipinski definition) is 1. The van der Waals surface area contributed by atoms with Crippen LogP contribution in [-0.2, 0) is 14.4 Å². The van der Waals surface area contributed by atoms with Crippen molar-refractivity contribution in [1.29, 1.82) is 0 Å². The van der Waals surface area contributed by atoms with Crippen LogP contribution in [0.1, 0.15) is 13.8 Å². The van der Waals surface area contributed by atoms with Crippen molar-refractivity contribution in [2.75, 3.05) is 7.11 Å². The van der Waals surface area contributed by atoms with E-state index in [0.717, 1.165) is 0 Å². The lowest BCUT2D eigenvalue weighted by Gasteiger charge is -2.14. The van der Waals surface area contributed by atoms with Crippen molar-refractivity contribution < 1.29 is 14.4 Å². The molecule has 0 radical (unpaired) electrons. The monoisotopic (exact) mass is 147 g/mol. The molecule has 0 saturated heterocycles. The van der Waals surface area contributed by atoms with E-state index in [1.165, 1.54) is 7.11 Å². The summed E-state index contributed by atoms with van der Waals surface area (Å²) in [5.74, 6) is 4.46. The van der Waals surface area contributed by atoms with Crippen molar-refractivity contribution in [3.05, 3.63) is 0 Å². The number of rotatable bonds is 3. The summed E-state index contributed by atoms with van der Waals surface area (Å²) in [6, 6.07) is 0. The Kier molecular flexibility index (Phi) is 3.99.